The van der Waals surface area contributed by atoms with Crippen molar-refractivity contribution in [3.8, 4) is 5.75 Å². The Morgan fingerprint density at radius 3 is 2.62 bits per heavy atom. The molecule has 2 atom stereocenters. The van der Waals surface area contributed by atoms with E-state index in [1.807, 2.05) is 0 Å². The maximum absolute atomic E-state index is 12.9. The monoisotopic (exact) mass is 413 g/mol. The van der Waals surface area contributed by atoms with Gasteiger partial charge in [0.25, 0.3) is 11.8 Å². The molecule has 0 unspecified atom stereocenters. The first-order chi connectivity index (χ1) is 14.0. The summed E-state index contributed by atoms with van der Waals surface area (Å²) in [5, 5.41) is 12.2. The van der Waals surface area contributed by atoms with Gasteiger partial charge < -0.3 is 10.1 Å². The Hall–Kier alpha value is -3.46. The molecule has 2 aliphatic heterocycles. The Bertz CT molecular complexity index is 1010. The molecule has 0 aromatic heterocycles. The summed E-state index contributed by atoms with van der Waals surface area (Å²) in [6, 6.07) is 11.3. The fourth-order valence-corrected chi connectivity index (χ4v) is 3.44. The molecular formula is C19H16ClN5O4. The number of hydrogen-bond acceptors (Lipinski definition) is 7. The number of amides is 3. The van der Waals surface area contributed by atoms with Crippen LogP contribution in [0.25, 0.3) is 0 Å². The summed E-state index contributed by atoms with van der Waals surface area (Å²) in [5.41, 5.74) is 0.928. The fraction of sp³-hybridized carbons (Fsp3) is 0.211. The number of nitrogens with zero attached hydrogens (tertiary/aromatic N) is 4. The zero-order chi connectivity index (χ0) is 20.5. The van der Waals surface area contributed by atoms with Crippen molar-refractivity contribution in [1.82, 2.24) is 5.01 Å². The third kappa shape index (κ3) is 3.52. The summed E-state index contributed by atoms with van der Waals surface area (Å²) < 4.78 is 5.09. The van der Waals surface area contributed by atoms with Gasteiger partial charge in [0.2, 0.25) is 5.91 Å². The Morgan fingerprint density at radius 1 is 1.17 bits per heavy atom. The molecule has 10 heteroatoms. The summed E-state index contributed by atoms with van der Waals surface area (Å²) in [6.45, 7) is -0.230. The minimum Gasteiger partial charge on any atom is -0.497 e. The van der Waals surface area contributed by atoms with Gasteiger partial charge in [-0.1, -0.05) is 22.9 Å². The van der Waals surface area contributed by atoms with Crippen LogP contribution in [0, 0.1) is 0 Å². The topological polar surface area (TPSA) is 104 Å². The Morgan fingerprint density at radius 2 is 1.93 bits per heavy atom. The summed E-state index contributed by atoms with van der Waals surface area (Å²) in [6.07, 6.45) is 0. The number of nitrogens with one attached hydrogen (secondary N) is 1. The quantitative estimate of drug-likeness (QED) is 0.757. The number of rotatable bonds is 5. The molecular weight excluding hydrogens is 398 g/mol. The minimum atomic E-state index is -0.969. The van der Waals surface area contributed by atoms with Crippen molar-refractivity contribution in [2.24, 2.45) is 10.3 Å². The van der Waals surface area contributed by atoms with E-state index in [0.717, 1.165) is 4.90 Å². The van der Waals surface area contributed by atoms with E-state index in [1.165, 1.54) is 12.1 Å². The Labute approximate surface area is 170 Å². The van der Waals surface area contributed by atoms with Crippen LogP contribution in [0.15, 0.2) is 58.9 Å². The van der Waals surface area contributed by atoms with Crippen molar-refractivity contribution in [2.75, 3.05) is 23.9 Å². The molecule has 0 saturated carbocycles. The van der Waals surface area contributed by atoms with Gasteiger partial charge in [0.15, 0.2) is 12.1 Å². The molecule has 0 radical (unpaired) electrons. The third-order valence-corrected chi connectivity index (χ3v) is 4.84. The molecule has 2 heterocycles. The lowest BCUT2D eigenvalue weighted by Crippen LogP contribution is -2.43. The highest BCUT2D eigenvalue weighted by atomic mass is 35.5. The van der Waals surface area contributed by atoms with E-state index >= 15 is 0 Å². The van der Waals surface area contributed by atoms with Gasteiger partial charge in [-0.3, -0.25) is 19.4 Å². The Balaban J connectivity index is 1.48. The number of ether oxygens (including phenoxy) is 1. The smallest absolute Gasteiger partial charge is 0.263 e. The van der Waals surface area contributed by atoms with Crippen LogP contribution in [0.4, 0.5) is 11.4 Å². The highest BCUT2D eigenvalue weighted by Gasteiger charge is 2.55. The molecule has 2 aromatic rings. The number of benzene rings is 2. The maximum atomic E-state index is 12.9. The van der Waals surface area contributed by atoms with Crippen LogP contribution in [-0.2, 0) is 14.4 Å². The first kappa shape index (κ1) is 18.9. The van der Waals surface area contributed by atoms with Crippen molar-refractivity contribution in [1.29, 1.82) is 0 Å². The van der Waals surface area contributed by atoms with Gasteiger partial charge >= 0.3 is 0 Å². The minimum absolute atomic E-state index is 0.230. The van der Waals surface area contributed by atoms with Crippen LogP contribution >= 0.6 is 11.6 Å². The van der Waals surface area contributed by atoms with E-state index in [2.05, 4.69) is 15.7 Å². The van der Waals surface area contributed by atoms with Gasteiger partial charge in [0.05, 0.1) is 12.8 Å². The lowest BCUT2D eigenvalue weighted by atomic mass is 10.1. The van der Waals surface area contributed by atoms with Gasteiger partial charge in [-0.25, -0.2) is 4.90 Å². The number of methoxy groups -OCH3 is 1. The molecule has 1 N–H and O–H groups in total. The number of fused-ring (bicyclic) bond motifs is 1. The van der Waals surface area contributed by atoms with Crippen molar-refractivity contribution in [3.63, 3.8) is 0 Å². The first-order valence-corrected chi connectivity index (χ1v) is 9.10. The van der Waals surface area contributed by atoms with Gasteiger partial charge in [0, 0.05) is 10.7 Å². The summed E-state index contributed by atoms with van der Waals surface area (Å²) >= 11 is 5.91. The molecule has 0 spiro atoms. The van der Waals surface area contributed by atoms with Gasteiger partial charge in [-0.15, -0.1) is 0 Å². The van der Waals surface area contributed by atoms with E-state index in [4.69, 9.17) is 16.3 Å². The van der Waals surface area contributed by atoms with Crippen molar-refractivity contribution < 1.29 is 19.1 Å². The highest BCUT2D eigenvalue weighted by molar-refractivity contribution is 6.31. The number of imide groups is 1. The van der Waals surface area contributed by atoms with E-state index < -0.39 is 29.8 Å². The van der Waals surface area contributed by atoms with Crippen LogP contribution in [0.1, 0.15) is 0 Å². The number of carbonyl (C=O) groups excluding carboxylic acids is 3. The molecule has 9 nitrogen and oxygen atoms in total. The first-order valence-electron chi connectivity index (χ1n) is 8.72. The van der Waals surface area contributed by atoms with E-state index in [9.17, 15) is 14.4 Å². The summed E-state index contributed by atoms with van der Waals surface area (Å²) in [5.74, 6) is -0.764. The number of halogens is 1. The van der Waals surface area contributed by atoms with Gasteiger partial charge in [0.1, 0.15) is 12.3 Å². The average Bonchev–Trinajstić information content (AvgIpc) is 3.22. The molecule has 1 saturated heterocycles. The molecule has 2 aliphatic rings. The van der Waals surface area contributed by atoms with Crippen molar-refractivity contribution in [3.05, 3.63) is 53.6 Å². The second kappa shape index (κ2) is 7.51. The Kier molecular flexibility index (Phi) is 4.89. The second-order valence-corrected chi connectivity index (χ2v) is 6.90. The molecule has 4 rings (SSSR count). The molecule has 148 valence electrons. The lowest BCUT2D eigenvalue weighted by molar-refractivity contribution is -0.123. The van der Waals surface area contributed by atoms with Crippen molar-refractivity contribution >= 4 is 40.7 Å². The van der Waals surface area contributed by atoms with Crippen LogP contribution in [0.3, 0.4) is 0 Å². The number of anilines is 2. The fourth-order valence-electron chi connectivity index (χ4n) is 3.25. The highest BCUT2D eigenvalue weighted by Crippen LogP contribution is 2.32. The maximum Gasteiger partial charge on any atom is 0.263 e. The predicted octanol–water partition coefficient (Wildman–Crippen LogP) is 2.28. The average molecular weight is 414 g/mol. The van der Waals surface area contributed by atoms with E-state index in [1.54, 1.807) is 48.5 Å². The number of hydrogen-bond donors (Lipinski definition) is 1. The zero-order valence-corrected chi connectivity index (χ0v) is 16.0. The van der Waals surface area contributed by atoms with E-state index in [0.29, 0.717) is 22.1 Å². The van der Waals surface area contributed by atoms with Gasteiger partial charge in [-0.2, -0.15) is 5.11 Å². The summed E-state index contributed by atoms with van der Waals surface area (Å²) in [7, 11) is 1.53. The molecule has 3 amide bonds. The van der Waals surface area contributed by atoms with Gasteiger partial charge in [-0.05, 0) is 42.5 Å². The van der Waals surface area contributed by atoms with Crippen LogP contribution in [0.2, 0.25) is 5.02 Å². The normalized spacial score (nSPS) is 20.2. The van der Waals surface area contributed by atoms with Crippen LogP contribution in [-0.4, -0.2) is 48.5 Å². The second-order valence-electron chi connectivity index (χ2n) is 6.46. The SMILES string of the molecule is COc1ccc(N2C(=O)[C@H]3N=NN(CC(=O)Nc4cccc(Cl)c4)[C@@H]3C2=O)cc1. The predicted molar refractivity (Wildman–Crippen MR) is 105 cm³/mol. The zero-order valence-electron chi connectivity index (χ0n) is 15.3. The molecule has 0 bridgehead atoms. The van der Waals surface area contributed by atoms with E-state index in [-0.39, 0.29) is 6.54 Å². The molecule has 0 aliphatic carbocycles. The van der Waals surface area contributed by atoms with Crippen LogP contribution < -0.4 is 15.0 Å². The summed E-state index contributed by atoms with van der Waals surface area (Å²) in [4.78, 5) is 39.0. The molecule has 29 heavy (non-hydrogen) atoms. The van der Waals surface area contributed by atoms with Crippen molar-refractivity contribution in [2.45, 2.75) is 12.1 Å². The largest absolute Gasteiger partial charge is 0.497 e. The third-order valence-electron chi connectivity index (χ3n) is 4.60. The lowest BCUT2D eigenvalue weighted by Gasteiger charge is -2.20. The standard InChI is InChI=1S/C19H16ClN5O4/c1-29-14-7-5-13(6-8-14)25-18(27)16-17(19(25)28)24(23-22-16)10-15(26)21-12-4-2-3-11(20)9-12/h2-9,16-17H,10H2,1H3,(H,21,26)/t16-,17-/m0/s1. The molecule has 2 aromatic carbocycles. The molecule has 1 fully saturated rings. The number of carbonyl (C=O) groups is 3. The van der Waals surface area contributed by atoms with Crippen LogP contribution in [0.5, 0.6) is 5.75 Å².